The van der Waals surface area contributed by atoms with Crippen LogP contribution in [0.1, 0.15) is 32.6 Å². The molecule has 0 radical (unpaired) electrons. The predicted molar refractivity (Wildman–Crippen MR) is 58.1 cm³/mol. The van der Waals surface area contributed by atoms with E-state index in [9.17, 15) is 5.11 Å². The highest BCUT2D eigenvalue weighted by atomic mass is 32.1. The topological polar surface area (TPSA) is 61.5 Å². The molecule has 0 aromatic heterocycles. The molecule has 0 amide bonds. The summed E-state index contributed by atoms with van der Waals surface area (Å²) in [5.74, 6) is 5.93. The van der Waals surface area contributed by atoms with Gasteiger partial charge in [0, 0.05) is 12.0 Å². The van der Waals surface area contributed by atoms with Gasteiger partial charge in [-0.2, -0.15) is 0 Å². The van der Waals surface area contributed by atoms with Crippen LogP contribution >= 0.6 is 12.2 Å². The molecule has 0 aromatic carbocycles. The number of nitrogens with two attached hydrogens (primary N) is 1. The Bertz CT molecular complexity index is 256. The van der Waals surface area contributed by atoms with Crippen molar-refractivity contribution in [2.24, 2.45) is 11.8 Å². The van der Waals surface area contributed by atoms with Crippen LogP contribution in [0.3, 0.4) is 0 Å². The Morgan fingerprint density at radius 1 is 1.57 bits per heavy atom. The highest BCUT2D eigenvalue weighted by molar-refractivity contribution is 7.80. The minimum Gasteiger partial charge on any atom is -0.369 e. The fourth-order valence-electron chi connectivity index (χ4n) is 2.57. The van der Waals surface area contributed by atoms with Crippen LogP contribution in [0.15, 0.2) is 0 Å². The lowest BCUT2D eigenvalue weighted by Crippen LogP contribution is -2.70. The molecular weight excluding hydrogens is 198 g/mol. The van der Waals surface area contributed by atoms with Gasteiger partial charge in [-0.15, -0.1) is 0 Å². The lowest BCUT2D eigenvalue weighted by atomic mass is 9.77. The second-order valence-corrected chi connectivity index (χ2v) is 4.80. The first kappa shape index (κ1) is 10.1. The smallest absolute Gasteiger partial charge is 0.186 e. The Hall–Kier alpha value is -0.390. The molecule has 3 unspecified atom stereocenters. The molecule has 2 aliphatic rings. The van der Waals surface area contributed by atoms with Crippen LogP contribution in [0, 0.1) is 5.92 Å². The third kappa shape index (κ3) is 1.39. The minimum atomic E-state index is -0.993. The summed E-state index contributed by atoms with van der Waals surface area (Å²) in [4.78, 5) is 0. The molecular formula is C9H17N3OS. The Morgan fingerprint density at radius 2 is 2.21 bits per heavy atom. The fraction of sp³-hybridized carbons (Fsp3) is 0.889. The summed E-state index contributed by atoms with van der Waals surface area (Å²) in [5.41, 5.74) is -0.993. The number of fused-ring (bicyclic) bond motifs is 1. The normalized spacial score (nSPS) is 43.1. The summed E-state index contributed by atoms with van der Waals surface area (Å²) in [6.07, 6.45) is 4.47. The molecule has 3 atom stereocenters. The van der Waals surface area contributed by atoms with E-state index in [-0.39, 0.29) is 5.92 Å². The molecule has 0 aromatic rings. The molecule has 2 fully saturated rings. The zero-order chi connectivity index (χ0) is 10.3. The van der Waals surface area contributed by atoms with Crippen molar-refractivity contribution in [1.82, 2.24) is 10.3 Å². The molecule has 1 aliphatic heterocycles. The number of nitrogens with zero attached hydrogens (tertiary/aromatic N) is 1. The van der Waals surface area contributed by atoms with Gasteiger partial charge in [0.1, 0.15) is 0 Å². The predicted octanol–water partition coefficient (Wildman–Crippen LogP) is 0.318. The van der Waals surface area contributed by atoms with Crippen molar-refractivity contribution in [1.29, 1.82) is 0 Å². The molecule has 1 aliphatic carbocycles. The standard InChI is InChI=1S/C9H17N3OS/c1-9(13)6-4-2-3-5-7(6)11-8(14)12(9)10/h6-7,13H,2-5,10H2,1H3,(H,11,14). The molecule has 1 heterocycles. The molecule has 14 heavy (non-hydrogen) atoms. The van der Waals surface area contributed by atoms with Gasteiger partial charge in [0.25, 0.3) is 0 Å². The van der Waals surface area contributed by atoms with E-state index in [4.69, 9.17) is 18.1 Å². The number of hydrogen-bond acceptors (Lipinski definition) is 3. The van der Waals surface area contributed by atoms with E-state index < -0.39 is 5.72 Å². The maximum Gasteiger partial charge on any atom is 0.186 e. The minimum absolute atomic E-state index is 0.188. The molecule has 80 valence electrons. The van der Waals surface area contributed by atoms with Gasteiger partial charge in [0.15, 0.2) is 10.8 Å². The van der Waals surface area contributed by atoms with Crippen LogP contribution in [0.2, 0.25) is 0 Å². The lowest BCUT2D eigenvalue weighted by Gasteiger charge is -2.51. The highest BCUT2D eigenvalue weighted by Crippen LogP contribution is 2.36. The summed E-state index contributed by atoms with van der Waals surface area (Å²) in [6.45, 7) is 1.75. The van der Waals surface area contributed by atoms with Crippen LogP contribution in [-0.2, 0) is 0 Å². The number of hydrazine groups is 1. The zero-order valence-electron chi connectivity index (χ0n) is 8.36. The fourth-order valence-corrected chi connectivity index (χ4v) is 2.91. The second kappa shape index (κ2) is 3.32. The average Bonchev–Trinajstić information content (AvgIpc) is 2.15. The zero-order valence-corrected chi connectivity index (χ0v) is 9.18. The number of rotatable bonds is 0. The van der Waals surface area contributed by atoms with Crippen LogP contribution in [0.5, 0.6) is 0 Å². The van der Waals surface area contributed by atoms with Crippen LogP contribution in [0.4, 0.5) is 0 Å². The molecule has 0 spiro atoms. The van der Waals surface area contributed by atoms with Crippen molar-refractivity contribution in [3.8, 4) is 0 Å². The molecule has 0 bridgehead atoms. The van der Waals surface area contributed by atoms with Crippen molar-refractivity contribution in [3.63, 3.8) is 0 Å². The third-order valence-corrected chi connectivity index (χ3v) is 3.80. The summed E-state index contributed by atoms with van der Waals surface area (Å²) in [7, 11) is 0. The third-order valence-electron chi connectivity index (χ3n) is 3.48. The van der Waals surface area contributed by atoms with E-state index in [0.29, 0.717) is 11.2 Å². The van der Waals surface area contributed by atoms with Gasteiger partial charge in [0.2, 0.25) is 0 Å². The highest BCUT2D eigenvalue weighted by Gasteiger charge is 2.47. The van der Waals surface area contributed by atoms with Crippen molar-refractivity contribution >= 4 is 17.3 Å². The Balaban J connectivity index is 2.24. The van der Waals surface area contributed by atoms with Crippen molar-refractivity contribution < 1.29 is 5.11 Å². The van der Waals surface area contributed by atoms with E-state index in [1.54, 1.807) is 6.92 Å². The van der Waals surface area contributed by atoms with E-state index in [1.807, 2.05) is 0 Å². The van der Waals surface area contributed by atoms with Crippen LogP contribution < -0.4 is 11.2 Å². The van der Waals surface area contributed by atoms with Gasteiger partial charge in [-0.25, -0.2) is 5.84 Å². The maximum absolute atomic E-state index is 10.3. The summed E-state index contributed by atoms with van der Waals surface area (Å²) >= 11 is 5.08. The lowest BCUT2D eigenvalue weighted by molar-refractivity contribution is -0.133. The summed E-state index contributed by atoms with van der Waals surface area (Å²) < 4.78 is 0. The van der Waals surface area contributed by atoms with Gasteiger partial charge >= 0.3 is 0 Å². The number of thiocarbonyl (C=S) groups is 1. The monoisotopic (exact) mass is 215 g/mol. The largest absolute Gasteiger partial charge is 0.369 e. The number of aliphatic hydroxyl groups is 1. The Kier molecular flexibility index (Phi) is 2.41. The SMILES string of the molecule is CC1(O)C2CCCCC2NC(=S)N1N. The van der Waals surface area contributed by atoms with E-state index in [2.05, 4.69) is 5.32 Å². The first-order valence-corrected chi connectivity index (χ1v) is 5.52. The molecule has 1 saturated heterocycles. The average molecular weight is 215 g/mol. The van der Waals surface area contributed by atoms with Crippen molar-refractivity contribution in [2.75, 3.05) is 0 Å². The molecule has 2 rings (SSSR count). The van der Waals surface area contributed by atoms with Crippen molar-refractivity contribution in [2.45, 2.75) is 44.4 Å². The molecule has 4 nitrogen and oxygen atoms in total. The van der Waals surface area contributed by atoms with Gasteiger partial charge in [-0.1, -0.05) is 12.8 Å². The number of hydrogen-bond donors (Lipinski definition) is 3. The quantitative estimate of drug-likeness (QED) is 0.401. The van der Waals surface area contributed by atoms with Gasteiger partial charge in [-0.3, -0.25) is 5.01 Å². The van der Waals surface area contributed by atoms with Gasteiger partial charge in [0.05, 0.1) is 0 Å². The van der Waals surface area contributed by atoms with Crippen LogP contribution in [0.25, 0.3) is 0 Å². The molecule has 5 heteroatoms. The molecule has 4 N–H and O–H groups in total. The Morgan fingerprint density at radius 3 is 2.93 bits per heavy atom. The van der Waals surface area contributed by atoms with E-state index in [0.717, 1.165) is 12.8 Å². The summed E-state index contributed by atoms with van der Waals surface area (Å²) in [5, 5.41) is 15.2. The van der Waals surface area contributed by atoms with E-state index in [1.165, 1.54) is 17.9 Å². The van der Waals surface area contributed by atoms with E-state index >= 15 is 0 Å². The molecule has 1 saturated carbocycles. The number of nitrogens with one attached hydrogen (secondary N) is 1. The van der Waals surface area contributed by atoms with Crippen LogP contribution in [-0.4, -0.2) is 27.0 Å². The first-order chi connectivity index (χ1) is 6.53. The Labute approximate surface area is 89.4 Å². The maximum atomic E-state index is 10.3. The summed E-state index contributed by atoms with van der Waals surface area (Å²) in [6, 6.07) is 0.297. The van der Waals surface area contributed by atoms with Crippen molar-refractivity contribution in [3.05, 3.63) is 0 Å². The first-order valence-electron chi connectivity index (χ1n) is 5.11. The van der Waals surface area contributed by atoms with Gasteiger partial charge < -0.3 is 10.4 Å². The second-order valence-electron chi connectivity index (χ2n) is 4.41. The van der Waals surface area contributed by atoms with Gasteiger partial charge in [-0.05, 0) is 32.0 Å².